The third-order valence-electron chi connectivity index (χ3n) is 6.40. The zero-order valence-electron chi connectivity index (χ0n) is 19.2. The Morgan fingerprint density at radius 1 is 1.06 bits per heavy atom. The van der Waals surface area contributed by atoms with Gasteiger partial charge in [-0.1, -0.05) is 12.1 Å². The van der Waals surface area contributed by atoms with Crippen LogP contribution in [-0.2, 0) is 11.2 Å². The van der Waals surface area contributed by atoms with Gasteiger partial charge in [0.1, 0.15) is 11.5 Å². The highest BCUT2D eigenvalue weighted by Gasteiger charge is 2.25. The molecule has 1 saturated heterocycles. The maximum absolute atomic E-state index is 13.0. The molecule has 1 N–H and O–H groups in total. The van der Waals surface area contributed by atoms with E-state index in [9.17, 15) is 4.79 Å². The number of fused-ring (bicyclic) bond motifs is 1. The van der Waals surface area contributed by atoms with Gasteiger partial charge >= 0.3 is 0 Å². The van der Waals surface area contributed by atoms with E-state index >= 15 is 0 Å². The van der Waals surface area contributed by atoms with Crippen molar-refractivity contribution in [2.45, 2.75) is 18.9 Å². The number of morpholine rings is 1. The average Bonchev–Trinajstić information content (AvgIpc) is 2.84. The highest BCUT2D eigenvalue weighted by atomic mass is 16.5. The summed E-state index contributed by atoms with van der Waals surface area (Å²) in [6.45, 7) is 4.75. The number of amides is 1. The van der Waals surface area contributed by atoms with Crippen LogP contribution in [0, 0.1) is 0 Å². The van der Waals surface area contributed by atoms with Gasteiger partial charge < -0.3 is 24.4 Å². The van der Waals surface area contributed by atoms with Crippen LogP contribution in [0.15, 0.2) is 36.4 Å². The van der Waals surface area contributed by atoms with E-state index in [0.717, 1.165) is 26.1 Å². The molecule has 1 unspecified atom stereocenters. The number of nitrogens with one attached hydrogen (secondary N) is 1. The number of carbonyl (C=O) groups is 1. The number of anilines is 1. The van der Waals surface area contributed by atoms with Crippen LogP contribution in [0.5, 0.6) is 11.5 Å². The fourth-order valence-electron chi connectivity index (χ4n) is 4.59. The molecule has 0 saturated carbocycles. The average molecular weight is 440 g/mol. The first-order valence-corrected chi connectivity index (χ1v) is 11.3. The quantitative estimate of drug-likeness (QED) is 0.716. The first kappa shape index (κ1) is 22.4. The molecule has 0 bridgehead atoms. The maximum Gasteiger partial charge on any atom is 0.251 e. The van der Waals surface area contributed by atoms with Crippen molar-refractivity contribution in [2.75, 3.05) is 65.6 Å². The largest absolute Gasteiger partial charge is 0.497 e. The molecular weight excluding hydrogens is 406 g/mol. The third kappa shape index (κ3) is 5.00. The van der Waals surface area contributed by atoms with E-state index < -0.39 is 0 Å². The lowest BCUT2D eigenvalue weighted by Gasteiger charge is -2.36. The van der Waals surface area contributed by atoms with Crippen molar-refractivity contribution in [1.29, 1.82) is 0 Å². The molecule has 0 aromatic heterocycles. The molecule has 7 heteroatoms. The van der Waals surface area contributed by atoms with Gasteiger partial charge in [0.2, 0.25) is 0 Å². The Labute approximate surface area is 190 Å². The minimum absolute atomic E-state index is 0.0906. The van der Waals surface area contributed by atoms with E-state index in [2.05, 4.69) is 40.4 Å². The summed E-state index contributed by atoms with van der Waals surface area (Å²) in [5.41, 5.74) is 4.46. The molecule has 1 fully saturated rings. The molecule has 1 amide bonds. The zero-order valence-corrected chi connectivity index (χ0v) is 19.2. The van der Waals surface area contributed by atoms with Crippen molar-refractivity contribution in [3.8, 4) is 11.5 Å². The van der Waals surface area contributed by atoms with Gasteiger partial charge in [0.05, 0.1) is 33.5 Å². The van der Waals surface area contributed by atoms with Crippen LogP contribution in [0.2, 0.25) is 0 Å². The number of nitrogens with zero attached hydrogens (tertiary/aromatic N) is 2. The van der Waals surface area contributed by atoms with Gasteiger partial charge in [-0.3, -0.25) is 9.69 Å². The topological polar surface area (TPSA) is 63.3 Å². The molecule has 32 heavy (non-hydrogen) atoms. The zero-order chi connectivity index (χ0) is 22.5. The van der Waals surface area contributed by atoms with E-state index in [1.165, 1.54) is 23.2 Å². The monoisotopic (exact) mass is 439 g/mol. The second-order valence-electron chi connectivity index (χ2n) is 8.39. The van der Waals surface area contributed by atoms with Crippen LogP contribution in [0.1, 0.15) is 33.9 Å². The number of rotatable bonds is 7. The van der Waals surface area contributed by atoms with E-state index in [4.69, 9.17) is 14.2 Å². The number of methoxy groups -OCH3 is 2. The number of aryl methyl sites for hydroxylation is 1. The van der Waals surface area contributed by atoms with Crippen LogP contribution < -0.4 is 19.7 Å². The first-order chi connectivity index (χ1) is 15.6. The molecule has 0 radical (unpaired) electrons. The fourth-order valence-corrected chi connectivity index (χ4v) is 4.59. The first-order valence-electron chi connectivity index (χ1n) is 11.3. The van der Waals surface area contributed by atoms with Crippen molar-refractivity contribution < 1.29 is 19.0 Å². The standard InChI is InChI=1S/C25H33N3O4/c1-27-8-4-5-18-13-19(6-7-23(18)27)24(28-9-11-32-12-10-28)17-26-25(29)20-14-21(30-2)16-22(15-20)31-3/h6-7,13-16,24H,4-5,8-12,17H2,1-3H3,(H,26,29). The summed E-state index contributed by atoms with van der Waals surface area (Å²) in [5.74, 6) is 1.05. The Balaban J connectivity index is 1.55. The number of hydrogen-bond donors (Lipinski definition) is 1. The summed E-state index contributed by atoms with van der Waals surface area (Å²) >= 11 is 0. The Kier molecular flexibility index (Phi) is 7.17. The molecule has 0 aliphatic carbocycles. The number of benzene rings is 2. The van der Waals surface area contributed by atoms with E-state index in [-0.39, 0.29) is 11.9 Å². The second kappa shape index (κ2) is 10.2. The van der Waals surface area contributed by atoms with Gasteiger partial charge in [0.25, 0.3) is 5.91 Å². The normalized spacial score (nSPS) is 17.4. The SMILES string of the molecule is COc1cc(OC)cc(C(=O)NCC(c2ccc3c(c2)CCCN3C)N2CCOCC2)c1. The maximum atomic E-state index is 13.0. The lowest BCUT2D eigenvalue weighted by atomic mass is 9.95. The molecule has 2 aliphatic heterocycles. The van der Waals surface area contributed by atoms with Crippen molar-refractivity contribution >= 4 is 11.6 Å². The molecule has 7 nitrogen and oxygen atoms in total. The Morgan fingerprint density at radius 2 is 1.78 bits per heavy atom. The molecular formula is C25H33N3O4. The van der Waals surface area contributed by atoms with Crippen molar-refractivity contribution in [3.63, 3.8) is 0 Å². The molecule has 4 rings (SSSR count). The van der Waals surface area contributed by atoms with E-state index in [1.807, 2.05) is 0 Å². The third-order valence-corrected chi connectivity index (χ3v) is 6.40. The summed E-state index contributed by atoms with van der Waals surface area (Å²) in [4.78, 5) is 17.7. The van der Waals surface area contributed by atoms with Crippen LogP contribution >= 0.6 is 0 Å². The fraction of sp³-hybridized carbons (Fsp3) is 0.480. The predicted octanol–water partition coefficient (Wildman–Crippen LogP) is 2.89. The minimum atomic E-state index is -0.141. The Morgan fingerprint density at radius 3 is 2.47 bits per heavy atom. The molecule has 2 aromatic carbocycles. The summed E-state index contributed by atoms with van der Waals surface area (Å²) in [7, 11) is 5.32. The van der Waals surface area contributed by atoms with Gasteiger partial charge in [0.15, 0.2) is 0 Å². The molecule has 1 atom stereocenters. The van der Waals surface area contributed by atoms with Gasteiger partial charge in [0, 0.05) is 50.5 Å². The van der Waals surface area contributed by atoms with Crippen LogP contribution in [0.25, 0.3) is 0 Å². The van der Waals surface area contributed by atoms with Gasteiger partial charge in [-0.15, -0.1) is 0 Å². The molecule has 0 spiro atoms. The lowest BCUT2D eigenvalue weighted by Crippen LogP contribution is -2.44. The second-order valence-corrected chi connectivity index (χ2v) is 8.39. The Hall–Kier alpha value is -2.77. The highest BCUT2D eigenvalue weighted by Crippen LogP contribution is 2.31. The van der Waals surface area contributed by atoms with Gasteiger partial charge in [-0.05, 0) is 42.2 Å². The minimum Gasteiger partial charge on any atom is -0.497 e. The van der Waals surface area contributed by atoms with Crippen molar-refractivity contribution in [2.24, 2.45) is 0 Å². The van der Waals surface area contributed by atoms with Crippen molar-refractivity contribution in [3.05, 3.63) is 53.1 Å². The summed E-state index contributed by atoms with van der Waals surface area (Å²) in [5, 5.41) is 3.14. The Bertz CT molecular complexity index is 921. The highest BCUT2D eigenvalue weighted by molar-refractivity contribution is 5.95. The predicted molar refractivity (Wildman–Crippen MR) is 125 cm³/mol. The van der Waals surface area contributed by atoms with Crippen molar-refractivity contribution in [1.82, 2.24) is 10.2 Å². The van der Waals surface area contributed by atoms with Gasteiger partial charge in [-0.25, -0.2) is 0 Å². The van der Waals surface area contributed by atoms with Crippen LogP contribution in [-0.4, -0.2) is 71.5 Å². The lowest BCUT2D eigenvalue weighted by molar-refractivity contribution is 0.0162. The van der Waals surface area contributed by atoms with Crippen LogP contribution in [0.4, 0.5) is 5.69 Å². The molecule has 2 heterocycles. The smallest absolute Gasteiger partial charge is 0.251 e. The number of ether oxygens (including phenoxy) is 3. The molecule has 2 aromatic rings. The summed E-state index contributed by atoms with van der Waals surface area (Å²) < 4.78 is 16.2. The van der Waals surface area contributed by atoms with E-state index in [0.29, 0.717) is 36.8 Å². The summed E-state index contributed by atoms with van der Waals surface area (Å²) in [6, 6.07) is 12.1. The molecule has 172 valence electrons. The number of carbonyl (C=O) groups excluding carboxylic acids is 1. The summed E-state index contributed by atoms with van der Waals surface area (Å²) in [6.07, 6.45) is 2.27. The number of hydrogen-bond acceptors (Lipinski definition) is 6. The van der Waals surface area contributed by atoms with Crippen LogP contribution in [0.3, 0.4) is 0 Å². The van der Waals surface area contributed by atoms with Gasteiger partial charge in [-0.2, -0.15) is 0 Å². The van der Waals surface area contributed by atoms with E-state index in [1.54, 1.807) is 32.4 Å². The molecule has 2 aliphatic rings.